The number of ketones is 1. The fraction of sp³-hybridized carbons (Fsp3) is 0.241. The molecule has 0 radical (unpaired) electrons. The predicted octanol–water partition coefficient (Wildman–Crippen LogP) is 6.17. The van der Waals surface area contributed by atoms with Gasteiger partial charge in [-0.1, -0.05) is 30.0 Å². The number of halogens is 4. The van der Waals surface area contributed by atoms with Crippen LogP contribution >= 0.6 is 11.8 Å². The number of para-hydroxylation sites is 1. The summed E-state index contributed by atoms with van der Waals surface area (Å²) < 4.78 is 66.8. The number of nitrogens with zero attached hydrogens (tertiary/aromatic N) is 2. The van der Waals surface area contributed by atoms with Crippen molar-refractivity contribution in [2.45, 2.75) is 31.6 Å². The molecule has 0 fully saturated rings. The van der Waals surface area contributed by atoms with Crippen LogP contribution in [0.25, 0.3) is 0 Å². The molecule has 7 nitrogen and oxygen atoms in total. The van der Waals surface area contributed by atoms with Crippen LogP contribution in [-0.4, -0.2) is 40.9 Å². The molecule has 1 atom stereocenters. The van der Waals surface area contributed by atoms with Crippen molar-refractivity contribution in [1.29, 1.82) is 0 Å². The average Bonchev–Trinajstić information content (AvgIpc) is 3.37. The number of carbonyl (C=O) groups is 3. The molecule has 1 aliphatic heterocycles. The molecule has 0 saturated carbocycles. The summed E-state index contributed by atoms with van der Waals surface area (Å²) in [4.78, 5) is 37.3. The van der Waals surface area contributed by atoms with Gasteiger partial charge in [-0.15, -0.1) is 0 Å². The Hall–Kier alpha value is -4.19. The molecule has 214 valence electrons. The lowest BCUT2D eigenvalue weighted by Crippen LogP contribution is -2.28. The SMILES string of the molecule is CCOC(=O)CCCC(=O)COc1ccccc1C1SC(c2ccc(F)cc2)=NN1C(=O)c1c(F)cc(F)cc1F. The van der Waals surface area contributed by atoms with Crippen molar-refractivity contribution in [2.75, 3.05) is 13.2 Å². The van der Waals surface area contributed by atoms with Gasteiger partial charge in [-0.05, 0) is 43.7 Å². The zero-order valence-electron chi connectivity index (χ0n) is 21.7. The van der Waals surface area contributed by atoms with Gasteiger partial charge in [0.1, 0.15) is 51.6 Å². The lowest BCUT2D eigenvalue weighted by molar-refractivity contribution is -0.143. The van der Waals surface area contributed by atoms with Crippen LogP contribution in [0.3, 0.4) is 0 Å². The molecular formula is C29H24F4N2O5S. The third kappa shape index (κ3) is 7.31. The predicted molar refractivity (Wildman–Crippen MR) is 143 cm³/mol. The minimum Gasteiger partial charge on any atom is -0.485 e. The van der Waals surface area contributed by atoms with E-state index in [1.165, 1.54) is 24.3 Å². The third-order valence-electron chi connectivity index (χ3n) is 5.88. The first-order valence-corrected chi connectivity index (χ1v) is 13.4. The Labute approximate surface area is 237 Å². The third-order valence-corrected chi connectivity index (χ3v) is 7.10. The monoisotopic (exact) mass is 588 g/mol. The molecule has 41 heavy (non-hydrogen) atoms. The van der Waals surface area contributed by atoms with Gasteiger partial charge in [0.15, 0.2) is 5.78 Å². The smallest absolute Gasteiger partial charge is 0.305 e. The molecule has 0 aliphatic carbocycles. The lowest BCUT2D eigenvalue weighted by atomic mass is 10.1. The minimum atomic E-state index is -1.40. The average molecular weight is 589 g/mol. The van der Waals surface area contributed by atoms with E-state index in [1.807, 2.05) is 0 Å². The maximum Gasteiger partial charge on any atom is 0.305 e. The number of Topliss-reactive ketones (excluding diaryl/α,β-unsaturated/α-hetero) is 1. The van der Waals surface area contributed by atoms with Crippen LogP contribution in [0.15, 0.2) is 65.8 Å². The molecule has 1 unspecified atom stereocenters. The molecule has 0 spiro atoms. The zero-order chi connectivity index (χ0) is 29.5. The molecule has 3 aromatic rings. The van der Waals surface area contributed by atoms with Crippen LogP contribution in [0.4, 0.5) is 17.6 Å². The number of hydrogen-bond donors (Lipinski definition) is 0. The number of hydrogen-bond acceptors (Lipinski definition) is 7. The number of hydrazone groups is 1. The summed E-state index contributed by atoms with van der Waals surface area (Å²) in [6.45, 7) is 1.60. The van der Waals surface area contributed by atoms with Gasteiger partial charge in [0.05, 0.1) is 6.61 Å². The van der Waals surface area contributed by atoms with Gasteiger partial charge >= 0.3 is 5.97 Å². The Morgan fingerprint density at radius 2 is 1.61 bits per heavy atom. The molecular weight excluding hydrogens is 564 g/mol. The number of amides is 1. The number of carbonyl (C=O) groups excluding carboxylic acids is 3. The number of rotatable bonds is 11. The van der Waals surface area contributed by atoms with E-state index in [2.05, 4.69) is 5.10 Å². The summed E-state index contributed by atoms with van der Waals surface area (Å²) in [5, 5.41) is 4.36. The Kier molecular flexibility index (Phi) is 9.77. The number of thioether (sulfide) groups is 1. The summed E-state index contributed by atoms with van der Waals surface area (Å²) >= 11 is 1.04. The fourth-order valence-corrected chi connectivity index (χ4v) is 5.15. The van der Waals surface area contributed by atoms with Crippen molar-refractivity contribution in [3.05, 3.63) is 101 Å². The van der Waals surface area contributed by atoms with Crippen LogP contribution in [0, 0.1) is 23.3 Å². The molecule has 1 heterocycles. The quantitative estimate of drug-likeness (QED) is 0.197. The summed E-state index contributed by atoms with van der Waals surface area (Å²) in [5.41, 5.74) is -0.211. The highest BCUT2D eigenvalue weighted by molar-refractivity contribution is 8.14. The van der Waals surface area contributed by atoms with E-state index in [1.54, 1.807) is 31.2 Å². The van der Waals surface area contributed by atoms with E-state index in [0.717, 1.165) is 16.8 Å². The van der Waals surface area contributed by atoms with Gasteiger partial charge in [0.25, 0.3) is 5.91 Å². The normalized spacial score (nSPS) is 14.5. The molecule has 0 bridgehead atoms. The summed E-state index contributed by atoms with van der Waals surface area (Å²) in [6, 6.07) is 12.5. The van der Waals surface area contributed by atoms with Crippen LogP contribution in [0.2, 0.25) is 0 Å². The first kappa shape index (κ1) is 29.8. The number of ether oxygens (including phenoxy) is 2. The maximum atomic E-state index is 14.6. The second kappa shape index (κ2) is 13.4. The first-order valence-electron chi connectivity index (χ1n) is 12.6. The molecule has 4 rings (SSSR count). The Balaban J connectivity index is 1.60. The van der Waals surface area contributed by atoms with Crippen LogP contribution in [0.1, 0.15) is 53.0 Å². The first-order chi connectivity index (χ1) is 19.7. The van der Waals surface area contributed by atoms with Gasteiger partial charge < -0.3 is 9.47 Å². The van der Waals surface area contributed by atoms with Crippen molar-refractivity contribution >= 4 is 34.5 Å². The summed E-state index contributed by atoms with van der Waals surface area (Å²) in [6.07, 6.45) is 0.448. The molecule has 0 saturated heterocycles. The summed E-state index contributed by atoms with van der Waals surface area (Å²) in [5.74, 6) is -6.15. The van der Waals surface area contributed by atoms with E-state index in [9.17, 15) is 31.9 Å². The second-order valence-corrected chi connectivity index (χ2v) is 9.87. The van der Waals surface area contributed by atoms with E-state index >= 15 is 0 Å². The number of esters is 1. The van der Waals surface area contributed by atoms with Crippen molar-refractivity contribution in [3.63, 3.8) is 0 Å². The molecule has 0 N–H and O–H groups in total. The van der Waals surface area contributed by atoms with E-state index in [0.29, 0.717) is 23.3 Å². The Morgan fingerprint density at radius 1 is 0.927 bits per heavy atom. The maximum absolute atomic E-state index is 14.6. The fourth-order valence-electron chi connectivity index (χ4n) is 3.97. The van der Waals surface area contributed by atoms with Gasteiger partial charge in [-0.2, -0.15) is 5.10 Å². The lowest BCUT2D eigenvalue weighted by Gasteiger charge is -2.23. The highest BCUT2D eigenvalue weighted by atomic mass is 32.2. The Bertz CT molecular complexity index is 1460. The Morgan fingerprint density at radius 3 is 2.29 bits per heavy atom. The zero-order valence-corrected chi connectivity index (χ0v) is 22.6. The van der Waals surface area contributed by atoms with Gasteiger partial charge in [0.2, 0.25) is 0 Å². The largest absolute Gasteiger partial charge is 0.485 e. The van der Waals surface area contributed by atoms with E-state index < -0.39 is 46.1 Å². The van der Waals surface area contributed by atoms with Crippen LogP contribution in [-0.2, 0) is 14.3 Å². The molecule has 1 amide bonds. The van der Waals surface area contributed by atoms with Gasteiger partial charge in [-0.3, -0.25) is 14.4 Å². The summed E-state index contributed by atoms with van der Waals surface area (Å²) in [7, 11) is 0. The topological polar surface area (TPSA) is 85.3 Å². The van der Waals surface area contributed by atoms with Crippen LogP contribution < -0.4 is 4.74 Å². The molecule has 0 aromatic heterocycles. The van der Waals surface area contributed by atoms with Crippen molar-refractivity contribution in [1.82, 2.24) is 5.01 Å². The van der Waals surface area contributed by atoms with Gasteiger partial charge in [-0.25, -0.2) is 22.6 Å². The van der Waals surface area contributed by atoms with Crippen molar-refractivity contribution in [2.24, 2.45) is 5.10 Å². The molecule has 3 aromatic carbocycles. The molecule has 1 aliphatic rings. The van der Waals surface area contributed by atoms with Crippen LogP contribution in [0.5, 0.6) is 5.75 Å². The van der Waals surface area contributed by atoms with Crippen molar-refractivity contribution < 1.29 is 41.4 Å². The van der Waals surface area contributed by atoms with Gasteiger partial charge in [0, 0.05) is 36.1 Å². The standard InChI is InChI=1S/C29H24F4N2O5S/c1-2-39-25(37)9-5-6-20(36)16-40-24-8-4-3-7-21(24)29-35(28(38)26-22(32)14-19(31)15-23(26)33)34-27(41-29)17-10-12-18(30)13-11-17/h3-4,7-8,10-15,29H,2,5-6,9,16H2,1H3. The highest BCUT2D eigenvalue weighted by Crippen LogP contribution is 2.45. The highest BCUT2D eigenvalue weighted by Gasteiger charge is 2.38. The minimum absolute atomic E-state index is 0.0741. The van der Waals surface area contributed by atoms with E-state index in [-0.39, 0.29) is 49.1 Å². The molecule has 12 heteroatoms. The second-order valence-electron chi connectivity index (χ2n) is 8.80. The van der Waals surface area contributed by atoms with Crippen molar-refractivity contribution in [3.8, 4) is 5.75 Å². The number of benzene rings is 3. The van der Waals surface area contributed by atoms with E-state index in [4.69, 9.17) is 9.47 Å².